The first kappa shape index (κ1) is 22.8. The Morgan fingerprint density at radius 1 is 1.06 bits per heavy atom. The molecule has 0 aliphatic heterocycles. The fraction of sp³-hybridized carbons (Fsp3) is 0.357. The lowest BCUT2D eigenvalue weighted by Crippen LogP contribution is -2.24. The van der Waals surface area contributed by atoms with Crippen molar-refractivity contribution in [3.05, 3.63) is 83.0 Å². The molecule has 5 nitrogen and oxygen atoms in total. The van der Waals surface area contributed by atoms with Gasteiger partial charge in [0.15, 0.2) is 0 Å². The summed E-state index contributed by atoms with van der Waals surface area (Å²) < 4.78 is 6.04. The first-order chi connectivity index (χ1) is 16.1. The molecule has 33 heavy (non-hydrogen) atoms. The number of aromatic nitrogens is 1. The van der Waals surface area contributed by atoms with Crippen molar-refractivity contribution < 1.29 is 9.53 Å². The average molecular weight is 444 g/mol. The number of nitrogens with two attached hydrogens (primary N) is 1. The van der Waals surface area contributed by atoms with Gasteiger partial charge >= 0.3 is 0 Å². The van der Waals surface area contributed by atoms with Crippen LogP contribution >= 0.6 is 0 Å². The summed E-state index contributed by atoms with van der Waals surface area (Å²) in [6.45, 7) is 6.06. The molecular weight excluding hydrogens is 410 g/mol. The van der Waals surface area contributed by atoms with Crippen molar-refractivity contribution in [2.24, 2.45) is 5.73 Å². The molecule has 0 saturated heterocycles. The lowest BCUT2D eigenvalue weighted by molar-refractivity contribution is 0.1000. The highest BCUT2D eigenvalue weighted by Gasteiger charge is 2.21. The zero-order valence-electron chi connectivity index (χ0n) is 19.6. The number of nitrogens with zero attached hydrogens (tertiary/aromatic N) is 2. The number of amides is 1. The van der Waals surface area contributed by atoms with Gasteiger partial charge in [-0.2, -0.15) is 0 Å². The third-order valence-corrected chi connectivity index (χ3v) is 6.70. The standard InChI is InChI=1S/C28H33N3O2/c1-3-31(25-14-8-7-13-24(25)21-10-5-4-6-11-21)19-23-12-9-15-26(20(23)2)33-27-17-16-22(18-30-27)28(29)32/h7-9,12-18,21H,3-6,10-11,19H2,1-2H3,(H2,29,32). The number of primary amides is 1. The molecule has 4 rings (SSSR count). The molecule has 5 heteroatoms. The highest BCUT2D eigenvalue weighted by atomic mass is 16.5. The van der Waals surface area contributed by atoms with Crippen LogP contribution in [0.25, 0.3) is 0 Å². The van der Waals surface area contributed by atoms with Crippen LogP contribution in [0.4, 0.5) is 5.69 Å². The largest absolute Gasteiger partial charge is 0.439 e. The van der Waals surface area contributed by atoms with E-state index in [0.29, 0.717) is 17.4 Å². The maximum Gasteiger partial charge on any atom is 0.250 e. The molecule has 1 amide bonds. The second-order valence-corrected chi connectivity index (χ2v) is 8.80. The number of anilines is 1. The Bertz CT molecular complexity index is 1090. The Labute approximate surface area is 196 Å². The maximum absolute atomic E-state index is 11.3. The zero-order chi connectivity index (χ0) is 23.2. The number of para-hydroxylation sites is 1. The molecule has 1 aliphatic carbocycles. The molecule has 1 fully saturated rings. The van der Waals surface area contributed by atoms with Gasteiger partial charge in [0.05, 0.1) is 5.56 Å². The van der Waals surface area contributed by atoms with Crippen molar-refractivity contribution in [3.8, 4) is 11.6 Å². The summed E-state index contributed by atoms with van der Waals surface area (Å²) in [7, 11) is 0. The van der Waals surface area contributed by atoms with Gasteiger partial charge < -0.3 is 15.4 Å². The van der Waals surface area contributed by atoms with Gasteiger partial charge in [-0.1, -0.05) is 49.6 Å². The summed E-state index contributed by atoms with van der Waals surface area (Å²) in [4.78, 5) is 18.0. The first-order valence-electron chi connectivity index (χ1n) is 11.9. The molecule has 0 spiro atoms. The highest BCUT2D eigenvalue weighted by molar-refractivity contribution is 5.92. The Kier molecular flexibility index (Phi) is 7.28. The van der Waals surface area contributed by atoms with Gasteiger partial charge in [0.1, 0.15) is 5.75 Å². The Balaban J connectivity index is 1.56. The number of hydrogen-bond acceptors (Lipinski definition) is 4. The van der Waals surface area contributed by atoms with Crippen molar-refractivity contribution in [2.45, 2.75) is 58.4 Å². The van der Waals surface area contributed by atoms with E-state index in [1.54, 1.807) is 12.1 Å². The SMILES string of the molecule is CCN(Cc1cccc(Oc2ccc(C(N)=O)cn2)c1C)c1ccccc1C1CCCCC1. The topological polar surface area (TPSA) is 68.5 Å². The monoisotopic (exact) mass is 443 g/mol. The molecule has 2 N–H and O–H groups in total. The van der Waals surface area contributed by atoms with Gasteiger partial charge in [-0.25, -0.2) is 4.98 Å². The quantitative estimate of drug-likeness (QED) is 0.440. The zero-order valence-corrected chi connectivity index (χ0v) is 19.6. The number of carbonyl (C=O) groups is 1. The molecular formula is C28H33N3O2. The summed E-state index contributed by atoms with van der Waals surface area (Å²) in [5, 5.41) is 0. The number of hydrogen-bond donors (Lipinski definition) is 1. The first-order valence-corrected chi connectivity index (χ1v) is 11.9. The Morgan fingerprint density at radius 3 is 2.55 bits per heavy atom. The number of pyridine rings is 1. The van der Waals surface area contributed by atoms with E-state index in [1.165, 1.54) is 55.1 Å². The van der Waals surface area contributed by atoms with E-state index in [-0.39, 0.29) is 0 Å². The van der Waals surface area contributed by atoms with E-state index in [4.69, 9.17) is 10.5 Å². The normalized spacial score (nSPS) is 14.1. The van der Waals surface area contributed by atoms with Crippen molar-refractivity contribution in [1.82, 2.24) is 4.98 Å². The van der Waals surface area contributed by atoms with Crippen LogP contribution in [0.2, 0.25) is 0 Å². The molecule has 3 aromatic rings. The number of ether oxygens (including phenoxy) is 1. The molecule has 1 aliphatic rings. The Hall–Kier alpha value is -3.34. The second-order valence-electron chi connectivity index (χ2n) is 8.80. The predicted octanol–water partition coefficient (Wildman–Crippen LogP) is 6.36. The van der Waals surface area contributed by atoms with Gasteiger partial charge in [0, 0.05) is 31.0 Å². The summed E-state index contributed by atoms with van der Waals surface area (Å²) >= 11 is 0. The van der Waals surface area contributed by atoms with Gasteiger partial charge in [-0.05, 0) is 67.5 Å². The van der Waals surface area contributed by atoms with Crippen LogP contribution in [-0.4, -0.2) is 17.4 Å². The van der Waals surface area contributed by atoms with E-state index in [2.05, 4.69) is 54.1 Å². The average Bonchev–Trinajstić information content (AvgIpc) is 2.85. The van der Waals surface area contributed by atoms with E-state index in [9.17, 15) is 4.79 Å². The molecule has 0 unspecified atom stereocenters. The fourth-order valence-corrected chi connectivity index (χ4v) is 4.75. The van der Waals surface area contributed by atoms with Crippen LogP contribution in [0.5, 0.6) is 11.6 Å². The van der Waals surface area contributed by atoms with E-state index < -0.39 is 5.91 Å². The van der Waals surface area contributed by atoms with Gasteiger partial charge in [-0.15, -0.1) is 0 Å². The maximum atomic E-state index is 11.3. The summed E-state index contributed by atoms with van der Waals surface area (Å²) in [5.74, 6) is 1.37. The summed E-state index contributed by atoms with van der Waals surface area (Å²) in [5.41, 5.74) is 10.8. The van der Waals surface area contributed by atoms with E-state index in [1.807, 2.05) is 12.1 Å². The van der Waals surface area contributed by atoms with Crippen LogP contribution in [-0.2, 0) is 6.54 Å². The van der Waals surface area contributed by atoms with Crippen molar-refractivity contribution in [1.29, 1.82) is 0 Å². The van der Waals surface area contributed by atoms with Crippen LogP contribution in [0.15, 0.2) is 60.8 Å². The van der Waals surface area contributed by atoms with Crippen LogP contribution < -0.4 is 15.4 Å². The van der Waals surface area contributed by atoms with E-state index in [0.717, 1.165) is 24.4 Å². The van der Waals surface area contributed by atoms with E-state index >= 15 is 0 Å². The summed E-state index contributed by atoms with van der Waals surface area (Å²) in [6, 6.07) is 18.4. The smallest absolute Gasteiger partial charge is 0.250 e. The predicted molar refractivity (Wildman–Crippen MR) is 133 cm³/mol. The molecule has 172 valence electrons. The van der Waals surface area contributed by atoms with Crippen molar-refractivity contribution in [3.63, 3.8) is 0 Å². The molecule has 0 atom stereocenters. The van der Waals surface area contributed by atoms with Gasteiger partial charge in [-0.3, -0.25) is 4.79 Å². The molecule has 2 aromatic carbocycles. The third kappa shape index (κ3) is 5.36. The minimum Gasteiger partial charge on any atom is -0.439 e. The van der Waals surface area contributed by atoms with Crippen LogP contribution in [0.1, 0.15) is 72.0 Å². The van der Waals surface area contributed by atoms with Gasteiger partial charge in [0.2, 0.25) is 11.8 Å². The molecule has 1 aromatic heterocycles. The lowest BCUT2D eigenvalue weighted by atomic mass is 9.83. The molecule has 1 saturated carbocycles. The van der Waals surface area contributed by atoms with Crippen molar-refractivity contribution >= 4 is 11.6 Å². The van der Waals surface area contributed by atoms with Crippen LogP contribution in [0.3, 0.4) is 0 Å². The lowest BCUT2D eigenvalue weighted by Gasteiger charge is -2.31. The highest BCUT2D eigenvalue weighted by Crippen LogP contribution is 2.38. The minimum atomic E-state index is -0.500. The number of benzene rings is 2. The fourth-order valence-electron chi connectivity index (χ4n) is 4.75. The number of carbonyl (C=O) groups excluding carboxylic acids is 1. The van der Waals surface area contributed by atoms with Crippen molar-refractivity contribution in [2.75, 3.05) is 11.4 Å². The molecule has 0 radical (unpaired) electrons. The minimum absolute atomic E-state index is 0.364. The van der Waals surface area contributed by atoms with Gasteiger partial charge in [0.25, 0.3) is 0 Å². The second kappa shape index (κ2) is 10.5. The van der Waals surface area contributed by atoms with Crippen LogP contribution in [0, 0.1) is 6.92 Å². The summed E-state index contributed by atoms with van der Waals surface area (Å²) in [6.07, 6.45) is 8.05. The Morgan fingerprint density at radius 2 is 1.85 bits per heavy atom. The number of rotatable bonds is 8. The third-order valence-electron chi connectivity index (χ3n) is 6.70. The molecule has 0 bridgehead atoms. The molecule has 1 heterocycles.